The lowest BCUT2D eigenvalue weighted by Crippen LogP contribution is -2.31. The quantitative estimate of drug-likeness (QED) is 0.244. The molecule has 6 nitrogen and oxygen atoms in total. The van der Waals surface area contributed by atoms with Gasteiger partial charge in [-0.05, 0) is 50.9 Å². The summed E-state index contributed by atoms with van der Waals surface area (Å²) in [5, 5.41) is 12.6. The van der Waals surface area contributed by atoms with Gasteiger partial charge in [-0.3, -0.25) is 9.88 Å². The zero-order valence-electron chi connectivity index (χ0n) is 20.4. The van der Waals surface area contributed by atoms with E-state index in [0.29, 0.717) is 31.0 Å². The number of hydrogen-bond acceptors (Lipinski definition) is 5. The number of pyridine rings is 1. The van der Waals surface area contributed by atoms with Crippen molar-refractivity contribution >= 4 is 0 Å². The van der Waals surface area contributed by atoms with Crippen molar-refractivity contribution in [3.05, 3.63) is 143 Å². The highest BCUT2D eigenvalue weighted by atomic mass is 19.4. The Hall–Kier alpha value is -4.37. The fourth-order valence-corrected chi connectivity index (χ4v) is 4.44. The Kier molecular flexibility index (Phi) is 7.55. The fourth-order valence-electron chi connectivity index (χ4n) is 4.44. The molecule has 0 radical (unpaired) electrons. The SMILES string of the molecule is FC(F)(F)c1ccc([C@H](c2nnnn2Cc2ccccc2)N(Cc2ccccc2)Cc2cccnc2)cc1. The van der Waals surface area contributed by atoms with E-state index in [1.165, 1.54) is 12.1 Å². The molecule has 192 valence electrons. The number of alkyl halides is 3. The lowest BCUT2D eigenvalue weighted by atomic mass is 10.0. The smallest absolute Gasteiger partial charge is 0.281 e. The Morgan fingerprint density at radius 1 is 0.737 bits per heavy atom. The number of aromatic nitrogens is 5. The second-order valence-electron chi connectivity index (χ2n) is 8.95. The molecule has 0 bridgehead atoms. The number of halogens is 3. The van der Waals surface area contributed by atoms with Crippen molar-refractivity contribution in [2.45, 2.75) is 31.9 Å². The van der Waals surface area contributed by atoms with Gasteiger partial charge in [-0.2, -0.15) is 13.2 Å². The Morgan fingerprint density at radius 2 is 1.37 bits per heavy atom. The molecule has 0 saturated heterocycles. The molecule has 0 unspecified atom stereocenters. The standard InChI is InChI=1S/C29H25F3N6/c30-29(31,32)26-15-13-25(14-16-26)27(28-34-35-36-38(28)21-23-10-5-2-6-11-23)37(19-22-8-3-1-4-9-22)20-24-12-7-17-33-18-24/h1-18,27H,19-21H2/t27-/m1/s1. The largest absolute Gasteiger partial charge is 0.416 e. The van der Waals surface area contributed by atoms with E-state index in [1.54, 1.807) is 17.1 Å². The van der Waals surface area contributed by atoms with E-state index in [-0.39, 0.29) is 0 Å². The van der Waals surface area contributed by atoms with Crippen LogP contribution in [0.3, 0.4) is 0 Å². The summed E-state index contributed by atoms with van der Waals surface area (Å²) >= 11 is 0. The van der Waals surface area contributed by atoms with Crippen LogP contribution >= 0.6 is 0 Å². The van der Waals surface area contributed by atoms with Crippen molar-refractivity contribution in [2.24, 2.45) is 0 Å². The van der Waals surface area contributed by atoms with Crippen LogP contribution < -0.4 is 0 Å². The van der Waals surface area contributed by atoms with E-state index in [4.69, 9.17) is 0 Å². The van der Waals surface area contributed by atoms with Gasteiger partial charge in [0.2, 0.25) is 0 Å². The monoisotopic (exact) mass is 514 g/mol. The van der Waals surface area contributed by atoms with Gasteiger partial charge >= 0.3 is 6.18 Å². The second kappa shape index (κ2) is 11.4. The molecule has 2 heterocycles. The predicted molar refractivity (Wildman–Crippen MR) is 137 cm³/mol. The van der Waals surface area contributed by atoms with Crippen LogP contribution in [0.4, 0.5) is 13.2 Å². The molecule has 2 aromatic heterocycles. The summed E-state index contributed by atoms with van der Waals surface area (Å²) in [6, 6.07) is 28.2. The van der Waals surface area contributed by atoms with E-state index >= 15 is 0 Å². The summed E-state index contributed by atoms with van der Waals surface area (Å²) in [5.74, 6) is 0.536. The zero-order chi connectivity index (χ0) is 26.4. The van der Waals surface area contributed by atoms with Crippen LogP contribution in [-0.4, -0.2) is 30.1 Å². The van der Waals surface area contributed by atoms with E-state index in [9.17, 15) is 13.2 Å². The first-order valence-corrected chi connectivity index (χ1v) is 12.1. The summed E-state index contributed by atoms with van der Waals surface area (Å²) in [6.07, 6.45) is -0.935. The highest BCUT2D eigenvalue weighted by molar-refractivity contribution is 5.31. The molecule has 0 saturated carbocycles. The topological polar surface area (TPSA) is 59.7 Å². The molecule has 3 aromatic carbocycles. The molecule has 0 spiro atoms. The van der Waals surface area contributed by atoms with Gasteiger partial charge in [-0.1, -0.05) is 78.9 Å². The zero-order valence-corrected chi connectivity index (χ0v) is 20.4. The summed E-state index contributed by atoms with van der Waals surface area (Å²) < 4.78 is 41.8. The van der Waals surface area contributed by atoms with Crippen molar-refractivity contribution in [3.63, 3.8) is 0 Å². The Balaban J connectivity index is 1.60. The highest BCUT2D eigenvalue weighted by Crippen LogP contribution is 2.34. The van der Waals surface area contributed by atoms with Crippen molar-refractivity contribution in [1.29, 1.82) is 0 Å². The van der Waals surface area contributed by atoms with Crippen molar-refractivity contribution in [1.82, 2.24) is 30.1 Å². The molecule has 0 aliphatic carbocycles. The third-order valence-corrected chi connectivity index (χ3v) is 6.24. The van der Waals surface area contributed by atoms with Gasteiger partial charge in [0.05, 0.1) is 18.2 Å². The Bertz CT molecular complexity index is 1380. The van der Waals surface area contributed by atoms with Crippen molar-refractivity contribution in [3.8, 4) is 0 Å². The van der Waals surface area contributed by atoms with E-state index in [0.717, 1.165) is 28.8 Å². The first-order valence-electron chi connectivity index (χ1n) is 12.1. The van der Waals surface area contributed by atoms with Crippen LogP contribution in [0, 0.1) is 0 Å². The van der Waals surface area contributed by atoms with Gasteiger partial charge in [-0.15, -0.1) is 5.10 Å². The minimum atomic E-state index is -4.43. The molecule has 0 amide bonds. The number of benzene rings is 3. The summed E-state index contributed by atoms with van der Waals surface area (Å²) in [6.45, 7) is 1.42. The number of hydrogen-bond donors (Lipinski definition) is 0. The Labute approximate surface area is 218 Å². The minimum absolute atomic E-state index is 0.423. The molecule has 38 heavy (non-hydrogen) atoms. The van der Waals surface area contributed by atoms with Crippen LogP contribution in [0.2, 0.25) is 0 Å². The van der Waals surface area contributed by atoms with Gasteiger partial charge < -0.3 is 0 Å². The first-order chi connectivity index (χ1) is 18.5. The summed E-state index contributed by atoms with van der Waals surface area (Å²) in [4.78, 5) is 6.41. The Morgan fingerprint density at radius 3 is 2.00 bits per heavy atom. The lowest BCUT2D eigenvalue weighted by Gasteiger charge is -2.31. The number of nitrogens with zero attached hydrogens (tertiary/aromatic N) is 6. The molecular formula is C29H25F3N6. The van der Waals surface area contributed by atoms with Crippen LogP contribution in [0.1, 0.15) is 39.7 Å². The molecule has 9 heteroatoms. The maximum atomic E-state index is 13.4. The molecule has 0 N–H and O–H groups in total. The van der Waals surface area contributed by atoms with Crippen LogP contribution in [0.15, 0.2) is 109 Å². The average Bonchev–Trinajstić information content (AvgIpc) is 3.38. The maximum absolute atomic E-state index is 13.4. The van der Waals surface area contributed by atoms with Gasteiger partial charge in [0, 0.05) is 25.5 Å². The van der Waals surface area contributed by atoms with Crippen LogP contribution in [-0.2, 0) is 25.8 Å². The molecule has 0 aliphatic rings. The van der Waals surface area contributed by atoms with Crippen molar-refractivity contribution in [2.75, 3.05) is 0 Å². The summed E-state index contributed by atoms with van der Waals surface area (Å²) in [7, 11) is 0. The lowest BCUT2D eigenvalue weighted by molar-refractivity contribution is -0.137. The number of rotatable bonds is 9. The molecule has 5 rings (SSSR count). The van der Waals surface area contributed by atoms with Gasteiger partial charge in [0.15, 0.2) is 5.82 Å². The van der Waals surface area contributed by atoms with Gasteiger partial charge in [0.25, 0.3) is 0 Å². The third-order valence-electron chi connectivity index (χ3n) is 6.24. The van der Waals surface area contributed by atoms with Crippen molar-refractivity contribution < 1.29 is 13.2 Å². The molecule has 1 atom stereocenters. The van der Waals surface area contributed by atoms with Crippen LogP contribution in [0.25, 0.3) is 0 Å². The van der Waals surface area contributed by atoms with Gasteiger partial charge in [0.1, 0.15) is 0 Å². The van der Waals surface area contributed by atoms with E-state index < -0.39 is 17.8 Å². The highest BCUT2D eigenvalue weighted by Gasteiger charge is 2.32. The maximum Gasteiger partial charge on any atom is 0.416 e. The molecule has 0 fully saturated rings. The number of tetrazole rings is 1. The normalized spacial score (nSPS) is 12.5. The van der Waals surface area contributed by atoms with Crippen LogP contribution in [0.5, 0.6) is 0 Å². The van der Waals surface area contributed by atoms with Gasteiger partial charge in [-0.25, -0.2) is 4.68 Å². The second-order valence-corrected chi connectivity index (χ2v) is 8.95. The van der Waals surface area contributed by atoms with E-state index in [1.807, 2.05) is 72.8 Å². The summed E-state index contributed by atoms with van der Waals surface area (Å²) in [5.41, 5.74) is 2.97. The predicted octanol–water partition coefficient (Wildman–Crippen LogP) is 5.93. The fraction of sp³-hybridized carbons (Fsp3) is 0.172. The molecular weight excluding hydrogens is 489 g/mol. The molecule has 0 aliphatic heterocycles. The first kappa shape index (κ1) is 25.3. The average molecular weight is 515 g/mol. The third kappa shape index (κ3) is 6.12. The minimum Gasteiger partial charge on any atom is -0.281 e. The molecule has 5 aromatic rings. The van der Waals surface area contributed by atoms with E-state index in [2.05, 4.69) is 25.4 Å².